The van der Waals surface area contributed by atoms with E-state index < -0.39 is 0 Å². The molecule has 4 rings (SSSR count). The zero-order valence-electron chi connectivity index (χ0n) is 13.5. The summed E-state index contributed by atoms with van der Waals surface area (Å²) < 4.78 is 5.89. The predicted octanol–water partition coefficient (Wildman–Crippen LogP) is 3.54. The van der Waals surface area contributed by atoms with Crippen LogP contribution in [-0.2, 0) is 13.2 Å². The maximum Gasteiger partial charge on any atom is 0.245 e. The number of nitrogens with zero attached hydrogens (tertiary/aromatic N) is 3. The number of hydrogen-bond acceptors (Lipinski definition) is 5. The predicted molar refractivity (Wildman–Crippen MR) is 96.2 cm³/mol. The van der Waals surface area contributed by atoms with Crippen LogP contribution in [0.25, 0.3) is 11.2 Å². The lowest BCUT2D eigenvalue weighted by Crippen LogP contribution is -2.06. The van der Waals surface area contributed by atoms with E-state index in [1.807, 2.05) is 60.7 Å². The van der Waals surface area contributed by atoms with E-state index in [1.54, 1.807) is 6.33 Å². The first-order chi connectivity index (χ1) is 12.4. The quantitative estimate of drug-likeness (QED) is 0.565. The summed E-state index contributed by atoms with van der Waals surface area (Å²) in [6.45, 7) is 1.07. The molecular formula is C19H17N5O. The number of ether oxygens (including phenoxy) is 1. The fraction of sp³-hybridized carbons (Fsp3) is 0.105. The van der Waals surface area contributed by atoms with E-state index in [4.69, 9.17) is 4.74 Å². The summed E-state index contributed by atoms with van der Waals surface area (Å²) >= 11 is 0. The lowest BCUT2D eigenvalue weighted by Gasteiger charge is -2.09. The molecule has 2 aromatic heterocycles. The Morgan fingerprint density at radius 3 is 2.36 bits per heavy atom. The Hall–Kier alpha value is -3.41. The second kappa shape index (κ2) is 7.00. The minimum absolute atomic E-state index is 0.435. The van der Waals surface area contributed by atoms with E-state index in [-0.39, 0.29) is 0 Å². The van der Waals surface area contributed by atoms with Gasteiger partial charge in [0.2, 0.25) is 11.8 Å². The molecule has 0 radical (unpaired) electrons. The number of imidazole rings is 1. The van der Waals surface area contributed by atoms with Crippen LogP contribution in [0.4, 0.5) is 5.95 Å². The lowest BCUT2D eigenvalue weighted by atomic mass is 10.2. The van der Waals surface area contributed by atoms with E-state index in [0.29, 0.717) is 36.1 Å². The van der Waals surface area contributed by atoms with Gasteiger partial charge in [-0.15, -0.1) is 0 Å². The molecular weight excluding hydrogens is 314 g/mol. The van der Waals surface area contributed by atoms with Crippen LogP contribution in [0, 0.1) is 0 Å². The second-order valence-electron chi connectivity index (χ2n) is 5.57. The Labute approximate surface area is 144 Å². The van der Waals surface area contributed by atoms with Crippen LogP contribution in [0.3, 0.4) is 0 Å². The molecule has 25 heavy (non-hydrogen) atoms. The number of rotatable bonds is 6. The van der Waals surface area contributed by atoms with Gasteiger partial charge in [0.25, 0.3) is 0 Å². The van der Waals surface area contributed by atoms with Crippen molar-refractivity contribution in [1.82, 2.24) is 19.9 Å². The fourth-order valence-electron chi connectivity index (χ4n) is 2.49. The summed E-state index contributed by atoms with van der Waals surface area (Å²) in [4.78, 5) is 16.2. The van der Waals surface area contributed by atoms with Crippen LogP contribution < -0.4 is 10.1 Å². The molecule has 0 spiro atoms. The molecule has 0 unspecified atom stereocenters. The van der Waals surface area contributed by atoms with Gasteiger partial charge >= 0.3 is 0 Å². The molecule has 0 saturated carbocycles. The Morgan fingerprint density at radius 2 is 1.60 bits per heavy atom. The fourth-order valence-corrected chi connectivity index (χ4v) is 2.49. The number of nitrogens with one attached hydrogen (secondary N) is 2. The molecule has 2 N–H and O–H groups in total. The van der Waals surface area contributed by atoms with E-state index >= 15 is 0 Å². The maximum absolute atomic E-state index is 5.89. The van der Waals surface area contributed by atoms with Crippen molar-refractivity contribution in [2.75, 3.05) is 5.32 Å². The summed E-state index contributed by atoms with van der Waals surface area (Å²) in [6, 6.07) is 20.1. The van der Waals surface area contributed by atoms with Gasteiger partial charge in [-0.1, -0.05) is 60.7 Å². The molecule has 0 saturated heterocycles. The molecule has 0 aliphatic rings. The molecule has 2 aromatic carbocycles. The Bertz CT molecular complexity index is 953. The number of aromatic nitrogens is 4. The smallest absolute Gasteiger partial charge is 0.245 e. The summed E-state index contributed by atoms with van der Waals surface area (Å²) in [5.41, 5.74) is 3.50. The number of anilines is 1. The van der Waals surface area contributed by atoms with Gasteiger partial charge in [0.05, 0.1) is 6.33 Å². The summed E-state index contributed by atoms with van der Waals surface area (Å²) in [5.74, 6) is 0.980. The zero-order valence-corrected chi connectivity index (χ0v) is 13.5. The number of fused-ring (bicyclic) bond motifs is 1. The monoisotopic (exact) mass is 331 g/mol. The van der Waals surface area contributed by atoms with Crippen molar-refractivity contribution in [3.05, 3.63) is 78.1 Å². The van der Waals surface area contributed by atoms with Crippen molar-refractivity contribution in [2.24, 2.45) is 0 Å². The third-order valence-corrected chi connectivity index (χ3v) is 3.76. The van der Waals surface area contributed by atoms with Gasteiger partial charge in [0, 0.05) is 6.54 Å². The zero-order chi connectivity index (χ0) is 16.9. The second-order valence-corrected chi connectivity index (χ2v) is 5.57. The highest BCUT2D eigenvalue weighted by Gasteiger charge is 2.11. The third-order valence-electron chi connectivity index (χ3n) is 3.76. The number of aromatic amines is 1. The van der Waals surface area contributed by atoms with Gasteiger partial charge < -0.3 is 15.0 Å². The number of hydrogen-bond donors (Lipinski definition) is 2. The van der Waals surface area contributed by atoms with Crippen molar-refractivity contribution >= 4 is 17.1 Å². The normalized spacial score (nSPS) is 10.7. The van der Waals surface area contributed by atoms with Crippen molar-refractivity contribution in [3.8, 4) is 5.88 Å². The molecule has 0 fully saturated rings. The SMILES string of the molecule is c1ccc(CNc2nc(OCc3ccccc3)c3[nH]cnc3n2)cc1. The van der Waals surface area contributed by atoms with E-state index in [2.05, 4.69) is 25.3 Å². The molecule has 4 aromatic rings. The van der Waals surface area contributed by atoms with Gasteiger partial charge in [-0.2, -0.15) is 9.97 Å². The third kappa shape index (κ3) is 3.58. The molecule has 0 aliphatic heterocycles. The van der Waals surface area contributed by atoms with Gasteiger partial charge in [0.15, 0.2) is 5.65 Å². The first-order valence-electron chi connectivity index (χ1n) is 8.04. The molecule has 6 heteroatoms. The topological polar surface area (TPSA) is 75.7 Å². The van der Waals surface area contributed by atoms with Gasteiger partial charge in [-0.05, 0) is 11.1 Å². The average Bonchev–Trinajstić information content (AvgIpc) is 3.15. The highest BCUT2D eigenvalue weighted by atomic mass is 16.5. The largest absolute Gasteiger partial charge is 0.471 e. The Balaban J connectivity index is 1.54. The maximum atomic E-state index is 5.89. The summed E-state index contributed by atoms with van der Waals surface area (Å²) in [6.07, 6.45) is 1.59. The van der Waals surface area contributed by atoms with Crippen molar-refractivity contribution in [2.45, 2.75) is 13.2 Å². The van der Waals surface area contributed by atoms with E-state index in [9.17, 15) is 0 Å². The molecule has 124 valence electrons. The van der Waals surface area contributed by atoms with Gasteiger partial charge in [-0.3, -0.25) is 0 Å². The summed E-state index contributed by atoms with van der Waals surface area (Å²) in [5, 5.41) is 3.23. The molecule has 6 nitrogen and oxygen atoms in total. The van der Waals surface area contributed by atoms with Crippen molar-refractivity contribution < 1.29 is 4.74 Å². The standard InChI is InChI=1S/C19H17N5O/c1-3-7-14(8-4-1)11-20-19-23-17-16(21-13-22-17)18(24-19)25-12-15-9-5-2-6-10-15/h1-10,13H,11-12H2,(H2,20,21,22,23,24). The first-order valence-corrected chi connectivity index (χ1v) is 8.04. The highest BCUT2D eigenvalue weighted by Crippen LogP contribution is 2.22. The van der Waals surface area contributed by atoms with Crippen molar-refractivity contribution in [3.63, 3.8) is 0 Å². The summed E-state index contributed by atoms with van der Waals surface area (Å²) in [7, 11) is 0. The molecule has 0 atom stereocenters. The van der Waals surface area contributed by atoms with Crippen molar-refractivity contribution in [1.29, 1.82) is 0 Å². The van der Waals surface area contributed by atoms with E-state index in [0.717, 1.165) is 11.1 Å². The van der Waals surface area contributed by atoms with Gasteiger partial charge in [-0.25, -0.2) is 4.98 Å². The number of H-pyrrole nitrogens is 1. The van der Waals surface area contributed by atoms with Crippen LogP contribution in [0.15, 0.2) is 67.0 Å². The molecule has 0 bridgehead atoms. The van der Waals surface area contributed by atoms with Crippen LogP contribution >= 0.6 is 0 Å². The van der Waals surface area contributed by atoms with Crippen LogP contribution in [-0.4, -0.2) is 19.9 Å². The lowest BCUT2D eigenvalue weighted by molar-refractivity contribution is 0.297. The first kappa shape index (κ1) is 15.1. The Kier molecular flexibility index (Phi) is 4.24. The highest BCUT2D eigenvalue weighted by molar-refractivity contribution is 5.76. The molecule has 2 heterocycles. The van der Waals surface area contributed by atoms with E-state index in [1.165, 1.54) is 0 Å². The number of benzene rings is 2. The van der Waals surface area contributed by atoms with Crippen LogP contribution in [0.2, 0.25) is 0 Å². The molecule has 0 aliphatic carbocycles. The molecule has 0 amide bonds. The Morgan fingerprint density at radius 1 is 0.880 bits per heavy atom. The minimum Gasteiger partial charge on any atom is -0.471 e. The van der Waals surface area contributed by atoms with Gasteiger partial charge in [0.1, 0.15) is 12.1 Å². The average molecular weight is 331 g/mol. The van der Waals surface area contributed by atoms with Crippen LogP contribution in [0.1, 0.15) is 11.1 Å². The van der Waals surface area contributed by atoms with Crippen LogP contribution in [0.5, 0.6) is 5.88 Å². The minimum atomic E-state index is 0.435.